The Morgan fingerprint density at radius 1 is 1.48 bits per heavy atom. The summed E-state index contributed by atoms with van der Waals surface area (Å²) < 4.78 is 18.6. The van der Waals surface area contributed by atoms with Crippen LogP contribution < -0.4 is 10.1 Å². The molecule has 21 heavy (non-hydrogen) atoms. The van der Waals surface area contributed by atoms with Gasteiger partial charge in [0.1, 0.15) is 17.1 Å². The van der Waals surface area contributed by atoms with Gasteiger partial charge in [-0.1, -0.05) is 6.07 Å². The Morgan fingerprint density at radius 3 is 2.86 bits per heavy atom. The monoisotopic (exact) mass is 294 g/mol. The summed E-state index contributed by atoms with van der Waals surface area (Å²) in [6.07, 6.45) is -0.794. The van der Waals surface area contributed by atoms with Crippen molar-refractivity contribution in [1.29, 1.82) is 0 Å². The Morgan fingerprint density at radius 2 is 2.19 bits per heavy atom. The molecular formula is C15H19FN2O3. The molecular weight excluding hydrogens is 275 g/mol. The molecule has 1 heterocycles. The van der Waals surface area contributed by atoms with Gasteiger partial charge in [-0.25, -0.2) is 4.39 Å². The SMILES string of the molecule is CC(Oc1cccc(F)c1)C(=O)N1CCNC(=O)C1(C)C. The molecule has 114 valence electrons. The molecule has 1 aliphatic heterocycles. The molecule has 6 heteroatoms. The number of rotatable bonds is 3. The highest BCUT2D eigenvalue weighted by molar-refractivity contribution is 5.93. The van der Waals surface area contributed by atoms with Crippen LogP contribution in [0, 0.1) is 5.82 Å². The molecule has 2 amide bonds. The van der Waals surface area contributed by atoms with Crippen LogP contribution >= 0.6 is 0 Å². The molecule has 0 aromatic heterocycles. The molecule has 1 unspecified atom stereocenters. The topological polar surface area (TPSA) is 58.6 Å². The third-order valence-corrected chi connectivity index (χ3v) is 3.57. The Kier molecular flexibility index (Phi) is 4.16. The molecule has 1 atom stereocenters. The maximum atomic E-state index is 13.1. The maximum Gasteiger partial charge on any atom is 0.264 e. The van der Waals surface area contributed by atoms with Crippen LogP contribution in [0.15, 0.2) is 24.3 Å². The summed E-state index contributed by atoms with van der Waals surface area (Å²) in [5.41, 5.74) is -0.922. The lowest BCUT2D eigenvalue weighted by molar-refractivity contribution is -0.153. The van der Waals surface area contributed by atoms with Crippen LogP contribution in [0.4, 0.5) is 4.39 Å². The molecule has 0 aliphatic carbocycles. The van der Waals surface area contributed by atoms with Crippen molar-refractivity contribution in [1.82, 2.24) is 10.2 Å². The van der Waals surface area contributed by atoms with Gasteiger partial charge in [0.2, 0.25) is 5.91 Å². The number of carbonyl (C=O) groups excluding carboxylic acids is 2. The first kappa shape index (κ1) is 15.3. The van der Waals surface area contributed by atoms with Gasteiger partial charge in [-0.05, 0) is 32.9 Å². The second kappa shape index (κ2) is 5.71. The van der Waals surface area contributed by atoms with Crippen molar-refractivity contribution in [2.75, 3.05) is 13.1 Å². The molecule has 1 aromatic rings. The number of ether oxygens (including phenoxy) is 1. The number of nitrogens with one attached hydrogen (secondary N) is 1. The molecule has 0 bridgehead atoms. The second-order valence-electron chi connectivity index (χ2n) is 5.52. The Balaban J connectivity index is 2.10. The van der Waals surface area contributed by atoms with Crippen LogP contribution in [0.1, 0.15) is 20.8 Å². The van der Waals surface area contributed by atoms with Crippen molar-refractivity contribution in [3.63, 3.8) is 0 Å². The summed E-state index contributed by atoms with van der Waals surface area (Å²) in [5.74, 6) is -0.626. The van der Waals surface area contributed by atoms with Gasteiger partial charge in [0.05, 0.1) is 0 Å². The Labute approximate surface area is 123 Å². The van der Waals surface area contributed by atoms with E-state index in [0.717, 1.165) is 0 Å². The number of halogens is 1. The number of hydrogen-bond acceptors (Lipinski definition) is 3. The summed E-state index contributed by atoms with van der Waals surface area (Å²) in [5, 5.41) is 2.73. The quantitative estimate of drug-likeness (QED) is 0.915. The minimum absolute atomic E-state index is 0.194. The average Bonchev–Trinajstić information content (AvgIpc) is 2.41. The van der Waals surface area contributed by atoms with Gasteiger partial charge < -0.3 is 15.0 Å². The number of benzene rings is 1. The minimum Gasteiger partial charge on any atom is -0.481 e. The molecule has 1 fully saturated rings. The smallest absolute Gasteiger partial charge is 0.264 e. The van der Waals surface area contributed by atoms with E-state index in [0.29, 0.717) is 13.1 Å². The van der Waals surface area contributed by atoms with Crippen LogP contribution in [0.2, 0.25) is 0 Å². The maximum absolute atomic E-state index is 13.1. The largest absolute Gasteiger partial charge is 0.481 e. The van der Waals surface area contributed by atoms with E-state index in [2.05, 4.69) is 5.32 Å². The molecule has 0 spiro atoms. The van der Waals surface area contributed by atoms with Crippen molar-refractivity contribution < 1.29 is 18.7 Å². The van der Waals surface area contributed by atoms with E-state index in [1.807, 2.05) is 0 Å². The van der Waals surface area contributed by atoms with E-state index in [1.54, 1.807) is 26.8 Å². The fraction of sp³-hybridized carbons (Fsp3) is 0.467. The number of carbonyl (C=O) groups is 2. The van der Waals surface area contributed by atoms with Crippen molar-refractivity contribution in [3.8, 4) is 5.75 Å². The molecule has 1 saturated heterocycles. The van der Waals surface area contributed by atoms with Gasteiger partial charge in [-0.15, -0.1) is 0 Å². The van der Waals surface area contributed by atoms with Gasteiger partial charge in [0, 0.05) is 19.2 Å². The lowest BCUT2D eigenvalue weighted by Crippen LogP contribution is -2.65. The van der Waals surface area contributed by atoms with Crippen LogP contribution in [-0.2, 0) is 9.59 Å². The first-order valence-electron chi connectivity index (χ1n) is 6.84. The van der Waals surface area contributed by atoms with Crippen LogP contribution in [-0.4, -0.2) is 41.4 Å². The van der Waals surface area contributed by atoms with E-state index in [4.69, 9.17) is 4.74 Å². The van der Waals surface area contributed by atoms with Crippen molar-refractivity contribution in [2.24, 2.45) is 0 Å². The first-order chi connectivity index (χ1) is 9.82. The molecule has 1 N–H and O–H groups in total. The third-order valence-electron chi connectivity index (χ3n) is 3.57. The van der Waals surface area contributed by atoms with Crippen LogP contribution in [0.25, 0.3) is 0 Å². The van der Waals surface area contributed by atoms with Crippen molar-refractivity contribution in [3.05, 3.63) is 30.1 Å². The third kappa shape index (κ3) is 3.15. The van der Waals surface area contributed by atoms with E-state index in [1.165, 1.54) is 23.1 Å². The number of amides is 2. The Hall–Kier alpha value is -2.11. The zero-order valence-corrected chi connectivity index (χ0v) is 12.4. The number of hydrogen-bond donors (Lipinski definition) is 1. The minimum atomic E-state index is -0.922. The summed E-state index contributed by atoms with van der Waals surface area (Å²) >= 11 is 0. The fourth-order valence-electron chi connectivity index (χ4n) is 2.30. The molecule has 2 rings (SSSR count). The highest BCUT2D eigenvalue weighted by Crippen LogP contribution is 2.21. The van der Waals surface area contributed by atoms with Gasteiger partial charge in [-0.3, -0.25) is 9.59 Å². The zero-order chi connectivity index (χ0) is 15.6. The number of nitrogens with zero attached hydrogens (tertiary/aromatic N) is 1. The average molecular weight is 294 g/mol. The van der Waals surface area contributed by atoms with E-state index < -0.39 is 17.5 Å². The van der Waals surface area contributed by atoms with Crippen molar-refractivity contribution in [2.45, 2.75) is 32.4 Å². The van der Waals surface area contributed by atoms with Crippen LogP contribution in [0.3, 0.4) is 0 Å². The first-order valence-corrected chi connectivity index (χ1v) is 6.84. The van der Waals surface area contributed by atoms with Gasteiger partial charge in [-0.2, -0.15) is 0 Å². The normalized spacial score (nSPS) is 18.9. The fourth-order valence-corrected chi connectivity index (χ4v) is 2.30. The lowest BCUT2D eigenvalue weighted by atomic mass is 9.98. The standard InChI is InChI=1S/C15H19FN2O3/c1-10(21-12-6-4-5-11(16)9-12)13(19)18-8-7-17-14(20)15(18,2)3/h4-6,9-10H,7-8H2,1-3H3,(H,17,20). The molecule has 1 aliphatic rings. The molecule has 0 saturated carbocycles. The molecule has 1 aromatic carbocycles. The molecule has 0 radical (unpaired) electrons. The Bertz CT molecular complexity index is 560. The summed E-state index contributed by atoms with van der Waals surface area (Å²) in [6, 6.07) is 5.62. The van der Waals surface area contributed by atoms with E-state index >= 15 is 0 Å². The summed E-state index contributed by atoms with van der Waals surface area (Å²) in [7, 11) is 0. The van der Waals surface area contributed by atoms with Gasteiger partial charge >= 0.3 is 0 Å². The highest BCUT2D eigenvalue weighted by Gasteiger charge is 2.42. The van der Waals surface area contributed by atoms with Crippen LogP contribution in [0.5, 0.6) is 5.75 Å². The van der Waals surface area contributed by atoms with Crippen molar-refractivity contribution >= 4 is 11.8 Å². The highest BCUT2D eigenvalue weighted by atomic mass is 19.1. The lowest BCUT2D eigenvalue weighted by Gasteiger charge is -2.42. The van der Waals surface area contributed by atoms with Gasteiger partial charge in [0.25, 0.3) is 5.91 Å². The van der Waals surface area contributed by atoms with E-state index in [9.17, 15) is 14.0 Å². The zero-order valence-electron chi connectivity index (χ0n) is 12.4. The number of piperazine rings is 1. The predicted octanol–water partition coefficient (Wildman–Crippen LogP) is 1.33. The predicted molar refractivity (Wildman–Crippen MR) is 75.3 cm³/mol. The van der Waals surface area contributed by atoms with E-state index in [-0.39, 0.29) is 17.6 Å². The summed E-state index contributed by atoms with van der Waals surface area (Å²) in [6.45, 7) is 5.81. The molecule has 5 nitrogen and oxygen atoms in total. The second-order valence-corrected chi connectivity index (χ2v) is 5.52. The van der Waals surface area contributed by atoms with Gasteiger partial charge in [0.15, 0.2) is 6.10 Å². The summed E-state index contributed by atoms with van der Waals surface area (Å²) in [4.78, 5) is 25.8.